The number of methoxy groups -OCH3 is 1. The number of aromatic nitrogens is 2. The van der Waals surface area contributed by atoms with Crippen molar-refractivity contribution in [2.45, 2.75) is 18.2 Å². The van der Waals surface area contributed by atoms with Crippen LogP contribution in [-0.4, -0.2) is 38.3 Å². The van der Waals surface area contributed by atoms with E-state index in [2.05, 4.69) is 15.3 Å². The molecule has 0 aliphatic carbocycles. The summed E-state index contributed by atoms with van der Waals surface area (Å²) < 4.78 is 29.3. The van der Waals surface area contributed by atoms with Gasteiger partial charge in [0, 0.05) is 23.4 Å². The highest BCUT2D eigenvalue weighted by Gasteiger charge is 2.18. The zero-order valence-corrected chi connectivity index (χ0v) is 19.4. The van der Waals surface area contributed by atoms with Crippen molar-refractivity contribution in [2.24, 2.45) is 0 Å². The van der Waals surface area contributed by atoms with Crippen LogP contribution in [-0.2, 0) is 16.3 Å². The summed E-state index contributed by atoms with van der Waals surface area (Å²) in [6, 6.07) is 10.4. The molecule has 0 amide bonds. The third kappa shape index (κ3) is 4.77. The van der Waals surface area contributed by atoms with Crippen LogP contribution in [0.15, 0.2) is 41.6 Å². The number of hydrogen-bond acceptors (Lipinski definition) is 8. The smallest absolute Gasteiger partial charge is 0.175 e. The fraction of sp³-hybridized carbons (Fsp3) is 0.227. The van der Waals surface area contributed by atoms with E-state index in [1.54, 1.807) is 31.4 Å². The van der Waals surface area contributed by atoms with Gasteiger partial charge in [-0.1, -0.05) is 23.7 Å². The number of nitrogen functional groups attached to an aromatic ring is 1. The van der Waals surface area contributed by atoms with E-state index in [-0.39, 0.29) is 16.3 Å². The van der Waals surface area contributed by atoms with Crippen LogP contribution in [0.5, 0.6) is 5.75 Å². The molecule has 0 fully saturated rings. The summed E-state index contributed by atoms with van der Waals surface area (Å²) in [4.78, 5) is 8.14. The molecule has 0 unspecified atom stereocenters. The fourth-order valence-electron chi connectivity index (χ4n) is 3.37. The minimum atomic E-state index is -3.30. The topological polar surface area (TPSA) is 131 Å². The summed E-state index contributed by atoms with van der Waals surface area (Å²) in [5.74, 6) is 1.11. The lowest BCUT2D eigenvalue weighted by molar-refractivity contribution is 0.411. The van der Waals surface area contributed by atoms with E-state index in [0.29, 0.717) is 29.6 Å². The van der Waals surface area contributed by atoms with Crippen molar-refractivity contribution in [1.29, 1.82) is 5.26 Å². The quantitative estimate of drug-likeness (QED) is 0.534. The van der Waals surface area contributed by atoms with Crippen molar-refractivity contribution in [2.75, 3.05) is 31.0 Å². The monoisotopic (exact) mass is 471 g/mol. The van der Waals surface area contributed by atoms with Crippen LogP contribution in [0.4, 0.5) is 11.6 Å². The number of rotatable bonds is 7. The molecule has 0 aliphatic rings. The van der Waals surface area contributed by atoms with Gasteiger partial charge in [0.25, 0.3) is 0 Å². The van der Waals surface area contributed by atoms with Gasteiger partial charge in [0.2, 0.25) is 0 Å². The predicted octanol–water partition coefficient (Wildman–Crippen LogP) is 3.63. The average molecular weight is 472 g/mol. The van der Waals surface area contributed by atoms with Gasteiger partial charge in [0.1, 0.15) is 35.3 Å². The second-order valence-corrected chi connectivity index (χ2v) is 9.54. The number of nitrogens with zero attached hydrogens (tertiary/aromatic N) is 3. The molecule has 0 aliphatic heterocycles. The molecule has 1 heterocycles. The predicted molar refractivity (Wildman–Crippen MR) is 125 cm³/mol. The van der Waals surface area contributed by atoms with Crippen LogP contribution in [0, 0.1) is 18.3 Å². The summed E-state index contributed by atoms with van der Waals surface area (Å²) in [7, 11) is -1.72. The molecule has 8 nitrogen and oxygen atoms in total. The number of sulfone groups is 1. The van der Waals surface area contributed by atoms with Gasteiger partial charge in [-0.3, -0.25) is 0 Å². The van der Waals surface area contributed by atoms with Crippen molar-refractivity contribution in [3.63, 3.8) is 0 Å². The Morgan fingerprint density at radius 2 is 1.94 bits per heavy atom. The molecule has 2 aromatic carbocycles. The molecule has 0 atom stereocenters. The Bertz CT molecular complexity index is 1300. The number of ether oxygens (including phenoxy) is 1. The van der Waals surface area contributed by atoms with Gasteiger partial charge in [-0.05, 0) is 48.2 Å². The van der Waals surface area contributed by atoms with E-state index >= 15 is 0 Å². The maximum absolute atomic E-state index is 11.8. The van der Waals surface area contributed by atoms with Crippen LogP contribution >= 0.6 is 11.6 Å². The Labute approximate surface area is 191 Å². The van der Waals surface area contributed by atoms with Crippen molar-refractivity contribution < 1.29 is 13.2 Å². The summed E-state index contributed by atoms with van der Waals surface area (Å²) >= 11 is 6.51. The maximum Gasteiger partial charge on any atom is 0.175 e. The van der Waals surface area contributed by atoms with Gasteiger partial charge in [0.15, 0.2) is 9.84 Å². The van der Waals surface area contributed by atoms with Crippen molar-refractivity contribution in [3.05, 3.63) is 58.4 Å². The van der Waals surface area contributed by atoms with E-state index in [1.165, 1.54) is 12.6 Å². The normalized spacial score (nSPS) is 11.1. The molecule has 32 heavy (non-hydrogen) atoms. The van der Waals surface area contributed by atoms with Crippen molar-refractivity contribution in [3.8, 4) is 22.9 Å². The van der Waals surface area contributed by atoms with Gasteiger partial charge in [-0.25, -0.2) is 18.4 Å². The van der Waals surface area contributed by atoms with Crippen LogP contribution in [0.2, 0.25) is 5.02 Å². The summed E-state index contributed by atoms with van der Waals surface area (Å²) in [5, 5.41) is 12.9. The fourth-order valence-corrected chi connectivity index (χ4v) is 4.23. The first-order valence-electron chi connectivity index (χ1n) is 9.58. The lowest BCUT2D eigenvalue weighted by Gasteiger charge is -2.18. The number of nitrogens with one attached hydrogen (secondary N) is 1. The standard InChI is InChI=1S/C22H22ClN5O3S/c1-13-18(23)10-15(8-9-26-22-17(11-24)21(25)27-12-28-22)20(31-2)19(13)14-4-6-16(7-5-14)32(3,29)30/h4-7,10,12H,8-9H2,1-3H3,(H3,25,26,27,28). The lowest BCUT2D eigenvalue weighted by atomic mass is 9.95. The van der Waals surface area contributed by atoms with Crippen LogP contribution < -0.4 is 15.8 Å². The van der Waals surface area contributed by atoms with E-state index in [9.17, 15) is 13.7 Å². The maximum atomic E-state index is 11.8. The number of halogens is 1. The molecule has 0 radical (unpaired) electrons. The first kappa shape index (κ1) is 23.3. The largest absolute Gasteiger partial charge is 0.496 e. The first-order valence-corrected chi connectivity index (χ1v) is 11.8. The SMILES string of the molecule is COc1c(CCNc2ncnc(N)c2C#N)cc(Cl)c(C)c1-c1ccc(S(C)(=O)=O)cc1. The van der Waals surface area contributed by atoms with Gasteiger partial charge in [0.05, 0.1) is 12.0 Å². The summed E-state index contributed by atoms with van der Waals surface area (Å²) in [5.41, 5.74) is 9.17. The summed E-state index contributed by atoms with van der Waals surface area (Å²) in [6.07, 6.45) is 2.98. The second kappa shape index (κ2) is 9.42. The number of benzene rings is 2. The minimum absolute atomic E-state index is 0.112. The number of hydrogen-bond donors (Lipinski definition) is 2. The van der Waals surface area contributed by atoms with Gasteiger partial charge >= 0.3 is 0 Å². The molecule has 3 rings (SSSR count). The Hall–Kier alpha value is -3.35. The van der Waals surface area contributed by atoms with E-state index in [4.69, 9.17) is 22.1 Å². The summed E-state index contributed by atoms with van der Waals surface area (Å²) in [6.45, 7) is 2.32. The molecule has 0 saturated carbocycles. The zero-order chi connectivity index (χ0) is 23.5. The van der Waals surface area contributed by atoms with E-state index < -0.39 is 9.84 Å². The molecule has 1 aromatic heterocycles. The van der Waals surface area contributed by atoms with Crippen LogP contribution in [0.25, 0.3) is 11.1 Å². The van der Waals surface area contributed by atoms with Crippen molar-refractivity contribution >= 4 is 33.1 Å². The van der Waals surface area contributed by atoms with Crippen LogP contribution in [0.3, 0.4) is 0 Å². The Morgan fingerprint density at radius 3 is 2.53 bits per heavy atom. The third-order valence-electron chi connectivity index (χ3n) is 5.00. The molecular weight excluding hydrogens is 450 g/mol. The number of nitrogens with two attached hydrogens (primary N) is 1. The minimum Gasteiger partial charge on any atom is -0.496 e. The highest BCUT2D eigenvalue weighted by Crippen LogP contribution is 2.40. The molecular formula is C22H22ClN5O3S. The third-order valence-corrected chi connectivity index (χ3v) is 6.52. The number of anilines is 2. The van der Waals surface area contributed by atoms with E-state index in [0.717, 1.165) is 22.3 Å². The molecule has 0 bridgehead atoms. The van der Waals surface area contributed by atoms with Crippen LogP contribution in [0.1, 0.15) is 16.7 Å². The number of nitriles is 1. The second-order valence-electron chi connectivity index (χ2n) is 7.12. The average Bonchev–Trinajstić information content (AvgIpc) is 2.75. The van der Waals surface area contributed by atoms with E-state index in [1.807, 2.05) is 19.1 Å². The molecule has 0 spiro atoms. The van der Waals surface area contributed by atoms with Gasteiger partial charge < -0.3 is 15.8 Å². The molecule has 3 aromatic rings. The van der Waals surface area contributed by atoms with Gasteiger partial charge in [-0.2, -0.15) is 5.26 Å². The zero-order valence-electron chi connectivity index (χ0n) is 17.8. The highest BCUT2D eigenvalue weighted by molar-refractivity contribution is 7.90. The Morgan fingerprint density at radius 1 is 1.25 bits per heavy atom. The molecule has 166 valence electrons. The Kier molecular flexibility index (Phi) is 6.87. The van der Waals surface area contributed by atoms with Crippen molar-refractivity contribution in [1.82, 2.24) is 9.97 Å². The molecule has 10 heteroatoms. The lowest BCUT2D eigenvalue weighted by Crippen LogP contribution is -2.11. The molecule has 0 saturated heterocycles. The van der Waals surface area contributed by atoms with Gasteiger partial charge in [-0.15, -0.1) is 0 Å². The Balaban J connectivity index is 1.94. The highest BCUT2D eigenvalue weighted by atomic mass is 35.5. The molecule has 3 N–H and O–H groups in total. The first-order chi connectivity index (χ1) is 15.2.